The van der Waals surface area contributed by atoms with Gasteiger partial charge in [-0.25, -0.2) is 9.37 Å². The van der Waals surface area contributed by atoms with Gasteiger partial charge < -0.3 is 9.72 Å². The van der Waals surface area contributed by atoms with E-state index in [1.165, 1.54) is 23.5 Å². The molecule has 0 unspecified atom stereocenters. The van der Waals surface area contributed by atoms with Crippen LogP contribution in [0.3, 0.4) is 0 Å². The van der Waals surface area contributed by atoms with Crippen LogP contribution < -0.4 is 10.3 Å². The van der Waals surface area contributed by atoms with Crippen molar-refractivity contribution in [3.8, 4) is 16.2 Å². The molecule has 2 aromatic heterocycles. The molecule has 0 saturated heterocycles. The summed E-state index contributed by atoms with van der Waals surface area (Å²) in [6.07, 6.45) is 0. The Morgan fingerprint density at radius 2 is 1.90 bits per heavy atom. The quantitative estimate of drug-likeness (QED) is 0.494. The van der Waals surface area contributed by atoms with Crippen LogP contribution in [-0.4, -0.2) is 35.1 Å². The van der Waals surface area contributed by atoms with E-state index in [4.69, 9.17) is 4.74 Å². The third-order valence-electron chi connectivity index (χ3n) is 4.47. The van der Waals surface area contributed by atoms with Crippen molar-refractivity contribution in [2.24, 2.45) is 0 Å². The molecule has 7 heteroatoms. The first-order chi connectivity index (χ1) is 14.1. The summed E-state index contributed by atoms with van der Waals surface area (Å²) in [4.78, 5) is 22.9. The van der Waals surface area contributed by atoms with Crippen LogP contribution in [0.25, 0.3) is 20.7 Å². The zero-order chi connectivity index (χ0) is 20.2. The number of aromatic amines is 1. The molecule has 0 atom stereocenters. The summed E-state index contributed by atoms with van der Waals surface area (Å²) in [6.45, 7) is 1.74. The summed E-state index contributed by atoms with van der Waals surface area (Å²) >= 11 is 1.36. The molecule has 2 aromatic carbocycles. The smallest absolute Gasteiger partial charge is 0.268 e. The topological polar surface area (TPSA) is 58.2 Å². The Morgan fingerprint density at radius 1 is 1.14 bits per heavy atom. The number of halogens is 1. The van der Waals surface area contributed by atoms with Gasteiger partial charge >= 0.3 is 0 Å². The highest BCUT2D eigenvalue weighted by molar-refractivity contribution is 7.22. The number of para-hydroxylation sites is 1. The van der Waals surface area contributed by atoms with E-state index in [0.717, 1.165) is 16.2 Å². The maximum absolute atomic E-state index is 13.2. The van der Waals surface area contributed by atoms with E-state index in [2.05, 4.69) is 9.97 Å². The van der Waals surface area contributed by atoms with Gasteiger partial charge in [0.2, 0.25) is 0 Å². The lowest BCUT2D eigenvalue weighted by Crippen LogP contribution is -2.26. The molecule has 4 rings (SSSR count). The lowest BCUT2D eigenvalue weighted by molar-refractivity contribution is 0.230. The molecule has 2 heterocycles. The van der Waals surface area contributed by atoms with E-state index in [9.17, 15) is 9.18 Å². The first kappa shape index (κ1) is 19.3. The molecule has 0 fully saturated rings. The van der Waals surface area contributed by atoms with Crippen LogP contribution >= 0.6 is 11.3 Å². The Morgan fingerprint density at radius 3 is 2.66 bits per heavy atom. The van der Waals surface area contributed by atoms with E-state index in [0.29, 0.717) is 35.7 Å². The standard InChI is InChI=1S/C22H20FN3O2S/c1-26(11-12-28-17-5-3-2-4-6-17)14-20-24-18-13-19(29-21(18)22(27)25-20)15-7-9-16(23)10-8-15/h2-10,13H,11-12,14H2,1H3,(H,24,25,27). The second kappa shape index (κ2) is 8.55. The fourth-order valence-corrected chi connectivity index (χ4v) is 3.99. The lowest BCUT2D eigenvalue weighted by atomic mass is 10.2. The third-order valence-corrected chi connectivity index (χ3v) is 5.64. The molecule has 0 saturated carbocycles. The van der Waals surface area contributed by atoms with Crippen molar-refractivity contribution in [2.75, 3.05) is 20.2 Å². The van der Waals surface area contributed by atoms with Gasteiger partial charge in [0.05, 0.1) is 12.1 Å². The van der Waals surface area contributed by atoms with Gasteiger partial charge in [0.15, 0.2) is 0 Å². The summed E-state index contributed by atoms with van der Waals surface area (Å²) < 4.78 is 19.4. The van der Waals surface area contributed by atoms with Crippen LogP contribution in [0.5, 0.6) is 5.75 Å². The summed E-state index contributed by atoms with van der Waals surface area (Å²) in [5.74, 6) is 1.15. The molecule has 0 aliphatic heterocycles. The predicted octanol–water partition coefficient (Wildman–Crippen LogP) is 4.30. The molecular weight excluding hydrogens is 389 g/mol. The van der Waals surface area contributed by atoms with Gasteiger partial charge in [0.1, 0.15) is 28.7 Å². The summed E-state index contributed by atoms with van der Waals surface area (Å²) in [7, 11) is 1.95. The number of nitrogens with zero attached hydrogens (tertiary/aromatic N) is 2. The van der Waals surface area contributed by atoms with Gasteiger partial charge in [0, 0.05) is 11.4 Å². The highest BCUT2D eigenvalue weighted by Crippen LogP contribution is 2.30. The molecule has 1 N–H and O–H groups in total. The van der Waals surface area contributed by atoms with E-state index in [1.807, 2.05) is 48.3 Å². The molecule has 29 heavy (non-hydrogen) atoms. The Bertz CT molecular complexity index is 1160. The zero-order valence-corrected chi connectivity index (χ0v) is 16.7. The summed E-state index contributed by atoms with van der Waals surface area (Å²) in [6, 6.07) is 17.8. The molecule has 148 valence electrons. The summed E-state index contributed by atoms with van der Waals surface area (Å²) in [5.41, 5.74) is 1.37. The number of H-pyrrole nitrogens is 1. The van der Waals surface area contributed by atoms with Gasteiger partial charge in [-0.15, -0.1) is 11.3 Å². The monoisotopic (exact) mass is 409 g/mol. The number of benzene rings is 2. The Labute approximate surface area is 171 Å². The van der Waals surface area contributed by atoms with Crippen LogP contribution in [0.15, 0.2) is 65.5 Å². The van der Waals surface area contributed by atoms with Crippen molar-refractivity contribution in [1.82, 2.24) is 14.9 Å². The first-order valence-electron chi connectivity index (χ1n) is 9.23. The van der Waals surface area contributed by atoms with Gasteiger partial charge in [-0.3, -0.25) is 9.69 Å². The van der Waals surface area contributed by atoms with Crippen molar-refractivity contribution in [1.29, 1.82) is 0 Å². The number of hydrogen-bond donors (Lipinski definition) is 1. The number of ether oxygens (including phenoxy) is 1. The minimum atomic E-state index is -0.285. The molecule has 0 spiro atoms. The van der Waals surface area contributed by atoms with Crippen molar-refractivity contribution in [3.05, 3.63) is 82.7 Å². The number of aromatic nitrogens is 2. The first-order valence-corrected chi connectivity index (χ1v) is 10.1. The molecule has 0 aliphatic carbocycles. The molecule has 5 nitrogen and oxygen atoms in total. The predicted molar refractivity (Wildman–Crippen MR) is 114 cm³/mol. The minimum Gasteiger partial charge on any atom is -0.492 e. The minimum absolute atomic E-state index is 0.155. The maximum atomic E-state index is 13.2. The second-order valence-electron chi connectivity index (χ2n) is 6.74. The largest absolute Gasteiger partial charge is 0.492 e. The van der Waals surface area contributed by atoms with E-state index < -0.39 is 0 Å². The van der Waals surface area contributed by atoms with Crippen LogP contribution in [0.1, 0.15) is 5.82 Å². The fraction of sp³-hybridized carbons (Fsp3) is 0.182. The molecule has 0 bridgehead atoms. The Kier molecular flexibility index (Phi) is 5.69. The zero-order valence-electron chi connectivity index (χ0n) is 15.9. The van der Waals surface area contributed by atoms with Gasteiger partial charge in [-0.2, -0.15) is 0 Å². The Hall–Kier alpha value is -3.03. The normalized spacial score (nSPS) is 11.3. The molecule has 4 aromatic rings. The average molecular weight is 409 g/mol. The van der Waals surface area contributed by atoms with Crippen molar-refractivity contribution >= 4 is 21.6 Å². The molecule has 0 amide bonds. The van der Waals surface area contributed by atoms with Crippen molar-refractivity contribution in [2.45, 2.75) is 6.54 Å². The SMILES string of the molecule is CN(CCOc1ccccc1)Cc1nc2cc(-c3ccc(F)cc3)sc2c(=O)[nH]1. The highest BCUT2D eigenvalue weighted by atomic mass is 32.1. The number of fused-ring (bicyclic) bond motifs is 1. The van der Waals surface area contributed by atoms with Crippen molar-refractivity contribution < 1.29 is 9.13 Å². The number of rotatable bonds is 7. The molecule has 0 radical (unpaired) electrons. The number of hydrogen-bond acceptors (Lipinski definition) is 5. The van der Waals surface area contributed by atoms with Crippen LogP contribution in [0.4, 0.5) is 4.39 Å². The summed E-state index contributed by atoms with van der Waals surface area (Å²) in [5, 5.41) is 0. The van der Waals surface area contributed by atoms with Crippen molar-refractivity contribution in [3.63, 3.8) is 0 Å². The molecular formula is C22H20FN3O2S. The van der Waals surface area contributed by atoms with Crippen LogP contribution in [0, 0.1) is 5.82 Å². The highest BCUT2D eigenvalue weighted by Gasteiger charge is 2.12. The number of likely N-dealkylation sites (N-methyl/N-ethyl adjacent to an activating group) is 1. The average Bonchev–Trinajstić information content (AvgIpc) is 3.14. The number of nitrogens with one attached hydrogen (secondary N) is 1. The van der Waals surface area contributed by atoms with E-state index in [1.54, 1.807) is 12.1 Å². The van der Waals surface area contributed by atoms with Gasteiger partial charge in [-0.1, -0.05) is 30.3 Å². The number of thiophene rings is 1. The third kappa shape index (κ3) is 4.70. The molecule has 0 aliphatic rings. The van der Waals surface area contributed by atoms with E-state index in [-0.39, 0.29) is 11.4 Å². The Balaban J connectivity index is 1.45. The van der Waals surface area contributed by atoms with E-state index >= 15 is 0 Å². The fourth-order valence-electron chi connectivity index (χ4n) is 2.99. The van der Waals surface area contributed by atoms with Crippen LogP contribution in [0.2, 0.25) is 0 Å². The van der Waals surface area contributed by atoms with Gasteiger partial charge in [0.25, 0.3) is 5.56 Å². The maximum Gasteiger partial charge on any atom is 0.268 e. The van der Waals surface area contributed by atoms with Crippen LogP contribution in [-0.2, 0) is 6.54 Å². The van der Waals surface area contributed by atoms with Gasteiger partial charge in [-0.05, 0) is 42.9 Å². The second-order valence-corrected chi connectivity index (χ2v) is 7.80. The lowest BCUT2D eigenvalue weighted by Gasteiger charge is -2.16.